The number of rotatable bonds is 4. The second-order valence-corrected chi connectivity index (χ2v) is 5.79. The standard InChI is InChI=1S/C9H16N2O3S/c1-2-3-11-9(12)6-8-7-15(13,14)5-4-10-8/h2,8,10H,1,3-7H2,(H,11,12). The monoisotopic (exact) mass is 232 g/mol. The second kappa shape index (κ2) is 5.27. The lowest BCUT2D eigenvalue weighted by Gasteiger charge is -2.22. The van der Waals surface area contributed by atoms with Crippen LogP contribution in [0.4, 0.5) is 0 Å². The number of carbonyl (C=O) groups excluding carboxylic acids is 1. The number of amides is 1. The van der Waals surface area contributed by atoms with E-state index in [0.29, 0.717) is 13.1 Å². The first-order valence-electron chi connectivity index (χ1n) is 4.85. The first-order valence-corrected chi connectivity index (χ1v) is 6.67. The smallest absolute Gasteiger partial charge is 0.221 e. The molecule has 1 rings (SSSR count). The average Bonchev–Trinajstić information content (AvgIpc) is 2.13. The molecule has 1 aliphatic rings. The fourth-order valence-corrected chi connectivity index (χ4v) is 2.92. The summed E-state index contributed by atoms with van der Waals surface area (Å²) >= 11 is 0. The van der Waals surface area contributed by atoms with Crippen LogP contribution in [-0.4, -0.2) is 45.0 Å². The third-order valence-electron chi connectivity index (χ3n) is 2.18. The van der Waals surface area contributed by atoms with Crippen molar-refractivity contribution in [3.05, 3.63) is 12.7 Å². The molecule has 5 nitrogen and oxygen atoms in total. The molecule has 86 valence electrons. The van der Waals surface area contributed by atoms with E-state index in [0.717, 1.165) is 0 Å². The van der Waals surface area contributed by atoms with Gasteiger partial charge in [0.1, 0.15) is 0 Å². The minimum atomic E-state index is -2.96. The largest absolute Gasteiger partial charge is 0.353 e. The third-order valence-corrected chi connectivity index (χ3v) is 3.91. The van der Waals surface area contributed by atoms with Gasteiger partial charge in [-0.2, -0.15) is 0 Å². The van der Waals surface area contributed by atoms with Crippen molar-refractivity contribution in [3.63, 3.8) is 0 Å². The highest BCUT2D eigenvalue weighted by atomic mass is 32.2. The van der Waals surface area contributed by atoms with Crippen LogP contribution in [0.3, 0.4) is 0 Å². The van der Waals surface area contributed by atoms with Crippen molar-refractivity contribution in [2.24, 2.45) is 0 Å². The Bertz CT molecular complexity index is 337. The van der Waals surface area contributed by atoms with Gasteiger partial charge in [0.15, 0.2) is 9.84 Å². The topological polar surface area (TPSA) is 75.3 Å². The van der Waals surface area contributed by atoms with Crippen molar-refractivity contribution in [1.82, 2.24) is 10.6 Å². The van der Waals surface area contributed by atoms with Gasteiger partial charge in [-0.3, -0.25) is 4.79 Å². The summed E-state index contributed by atoms with van der Waals surface area (Å²) in [4.78, 5) is 11.3. The van der Waals surface area contributed by atoms with E-state index in [1.807, 2.05) is 0 Å². The quantitative estimate of drug-likeness (QED) is 0.614. The predicted molar refractivity (Wildman–Crippen MR) is 58.3 cm³/mol. The van der Waals surface area contributed by atoms with E-state index in [-0.39, 0.29) is 29.9 Å². The molecular weight excluding hydrogens is 216 g/mol. The Hall–Kier alpha value is -0.880. The van der Waals surface area contributed by atoms with Crippen molar-refractivity contribution in [2.45, 2.75) is 12.5 Å². The molecule has 0 aromatic heterocycles. The van der Waals surface area contributed by atoms with Crippen LogP contribution in [0, 0.1) is 0 Å². The highest BCUT2D eigenvalue weighted by Crippen LogP contribution is 2.04. The SMILES string of the molecule is C=CCNC(=O)CC1CS(=O)(=O)CCN1. The van der Waals surface area contributed by atoms with Crippen molar-refractivity contribution in [2.75, 3.05) is 24.6 Å². The van der Waals surface area contributed by atoms with E-state index in [1.165, 1.54) is 0 Å². The lowest BCUT2D eigenvalue weighted by molar-refractivity contribution is -0.121. The van der Waals surface area contributed by atoms with Crippen molar-refractivity contribution < 1.29 is 13.2 Å². The molecule has 1 unspecified atom stereocenters. The molecule has 0 spiro atoms. The van der Waals surface area contributed by atoms with E-state index in [2.05, 4.69) is 17.2 Å². The Morgan fingerprint density at radius 3 is 2.93 bits per heavy atom. The van der Waals surface area contributed by atoms with Gasteiger partial charge in [-0.1, -0.05) is 6.08 Å². The minimum Gasteiger partial charge on any atom is -0.353 e. The normalized spacial score (nSPS) is 24.4. The maximum atomic E-state index is 11.3. The minimum absolute atomic E-state index is 0.0501. The number of sulfone groups is 1. The average molecular weight is 232 g/mol. The van der Waals surface area contributed by atoms with Gasteiger partial charge in [0.25, 0.3) is 0 Å². The van der Waals surface area contributed by atoms with Gasteiger partial charge in [-0.15, -0.1) is 6.58 Å². The van der Waals surface area contributed by atoms with Crippen LogP contribution < -0.4 is 10.6 Å². The molecule has 6 heteroatoms. The molecular formula is C9H16N2O3S. The highest BCUT2D eigenvalue weighted by molar-refractivity contribution is 7.91. The molecule has 0 radical (unpaired) electrons. The van der Waals surface area contributed by atoms with Gasteiger partial charge in [0.2, 0.25) is 5.91 Å². The zero-order valence-corrected chi connectivity index (χ0v) is 9.35. The molecule has 1 amide bonds. The zero-order chi connectivity index (χ0) is 11.3. The van der Waals surface area contributed by atoms with Crippen molar-refractivity contribution >= 4 is 15.7 Å². The third kappa shape index (κ3) is 4.44. The molecule has 1 atom stereocenters. The summed E-state index contributed by atoms with van der Waals surface area (Å²) in [5.41, 5.74) is 0. The maximum Gasteiger partial charge on any atom is 0.221 e. The molecule has 0 bridgehead atoms. The summed E-state index contributed by atoms with van der Waals surface area (Å²) in [5.74, 6) is 0.0660. The molecule has 15 heavy (non-hydrogen) atoms. The van der Waals surface area contributed by atoms with Gasteiger partial charge in [-0.05, 0) is 0 Å². The number of carbonyl (C=O) groups is 1. The van der Waals surface area contributed by atoms with E-state index in [9.17, 15) is 13.2 Å². The van der Waals surface area contributed by atoms with Crippen molar-refractivity contribution in [3.8, 4) is 0 Å². The van der Waals surface area contributed by atoms with Gasteiger partial charge in [0, 0.05) is 25.6 Å². The van der Waals surface area contributed by atoms with Crippen LogP contribution in [0.15, 0.2) is 12.7 Å². The molecule has 1 heterocycles. The Morgan fingerprint density at radius 1 is 1.60 bits per heavy atom. The Balaban J connectivity index is 2.38. The second-order valence-electron chi connectivity index (χ2n) is 3.56. The summed E-state index contributed by atoms with van der Waals surface area (Å²) in [6.45, 7) is 4.32. The molecule has 1 saturated heterocycles. The number of hydrogen-bond donors (Lipinski definition) is 2. The molecule has 0 aromatic carbocycles. The van der Waals surface area contributed by atoms with Crippen LogP contribution in [-0.2, 0) is 14.6 Å². The van der Waals surface area contributed by atoms with Gasteiger partial charge in [-0.25, -0.2) is 8.42 Å². The van der Waals surface area contributed by atoms with E-state index in [1.54, 1.807) is 6.08 Å². The Morgan fingerprint density at radius 2 is 2.33 bits per heavy atom. The predicted octanol–water partition coefficient (Wildman–Crippen LogP) is -0.935. The van der Waals surface area contributed by atoms with Crippen LogP contribution in [0.1, 0.15) is 6.42 Å². The number of nitrogens with one attached hydrogen (secondary N) is 2. The summed E-state index contributed by atoms with van der Waals surface area (Å²) < 4.78 is 22.5. The van der Waals surface area contributed by atoms with Crippen molar-refractivity contribution in [1.29, 1.82) is 0 Å². The van der Waals surface area contributed by atoms with Gasteiger partial charge in [0.05, 0.1) is 11.5 Å². The van der Waals surface area contributed by atoms with E-state index < -0.39 is 9.84 Å². The van der Waals surface area contributed by atoms with E-state index in [4.69, 9.17) is 0 Å². The first kappa shape index (κ1) is 12.2. The lowest BCUT2D eigenvalue weighted by Crippen LogP contribution is -2.47. The Kier molecular flexibility index (Phi) is 4.28. The maximum absolute atomic E-state index is 11.3. The first-order chi connectivity index (χ1) is 7.03. The summed E-state index contributed by atoms with van der Waals surface area (Å²) in [5, 5.41) is 5.63. The molecule has 0 aromatic rings. The summed E-state index contributed by atoms with van der Waals surface area (Å²) in [6.07, 6.45) is 1.79. The zero-order valence-electron chi connectivity index (χ0n) is 8.53. The molecule has 2 N–H and O–H groups in total. The van der Waals surface area contributed by atoms with Gasteiger partial charge >= 0.3 is 0 Å². The molecule has 0 aliphatic carbocycles. The Labute approximate surface area is 89.8 Å². The fraction of sp³-hybridized carbons (Fsp3) is 0.667. The highest BCUT2D eigenvalue weighted by Gasteiger charge is 2.25. The number of hydrogen-bond acceptors (Lipinski definition) is 4. The summed E-state index contributed by atoms with van der Waals surface area (Å²) in [6, 6.07) is -0.256. The van der Waals surface area contributed by atoms with Gasteiger partial charge < -0.3 is 10.6 Å². The van der Waals surface area contributed by atoms with Crippen LogP contribution in [0.5, 0.6) is 0 Å². The molecule has 1 aliphatic heterocycles. The van der Waals surface area contributed by atoms with E-state index >= 15 is 0 Å². The molecule has 1 fully saturated rings. The summed E-state index contributed by atoms with van der Waals surface area (Å²) in [7, 11) is -2.96. The van der Waals surface area contributed by atoms with Crippen LogP contribution in [0.25, 0.3) is 0 Å². The van der Waals surface area contributed by atoms with Crippen LogP contribution in [0.2, 0.25) is 0 Å². The molecule has 0 saturated carbocycles. The lowest BCUT2D eigenvalue weighted by atomic mass is 10.2. The fourth-order valence-electron chi connectivity index (χ4n) is 1.48. The van der Waals surface area contributed by atoms with Crippen LogP contribution >= 0.6 is 0 Å².